The average molecular weight is 429 g/mol. The molecular formula is C11H13Br3N2O. The summed E-state index contributed by atoms with van der Waals surface area (Å²) in [6.07, 6.45) is 3.76. The third kappa shape index (κ3) is 2.79. The Hall–Kier alpha value is 0.190. The fraction of sp³-hybridized carbons (Fsp3) is 0.545. The SMILES string of the molecule is COc1c(Br)c(Br)nc(N2CCCCC2)c1Br. The van der Waals surface area contributed by atoms with Crippen molar-refractivity contribution in [1.29, 1.82) is 0 Å². The summed E-state index contributed by atoms with van der Waals surface area (Å²) in [5.74, 6) is 1.74. The molecule has 1 fully saturated rings. The van der Waals surface area contributed by atoms with Crippen molar-refractivity contribution in [3.63, 3.8) is 0 Å². The molecule has 0 aromatic carbocycles. The number of piperidine rings is 1. The van der Waals surface area contributed by atoms with Gasteiger partial charge in [0.2, 0.25) is 0 Å². The van der Waals surface area contributed by atoms with Gasteiger partial charge in [0.25, 0.3) is 0 Å². The normalized spacial score (nSPS) is 16.1. The van der Waals surface area contributed by atoms with Gasteiger partial charge < -0.3 is 9.64 Å². The van der Waals surface area contributed by atoms with Crippen molar-refractivity contribution in [2.45, 2.75) is 19.3 Å². The van der Waals surface area contributed by atoms with Crippen LogP contribution in [0.5, 0.6) is 5.75 Å². The first-order valence-corrected chi connectivity index (χ1v) is 7.86. The minimum Gasteiger partial charge on any atom is -0.494 e. The van der Waals surface area contributed by atoms with Gasteiger partial charge in [0.15, 0.2) is 5.75 Å². The van der Waals surface area contributed by atoms with Gasteiger partial charge >= 0.3 is 0 Å². The van der Waals surface area contributed by atoms with Crippen molar-refractivity contribution >= 4 is 53.6 Å². The van der Waals surface area contributed by atoms with E-state index in [1.54, 1.807) is 7.11 Å². The van der Waals surface area contributed by atoms with Gasteiger partial charge in [0, 0.05) is 13.1 Å². The van der Waals surface area contributed by atoms with E-state index in [2.05, 4.69) is 57.7 Å². The molecule has 94 valence electrons. The second-order valence-electron chi connectivity index (χ2n) is 3.94. The third-order valence-corrected chi connectivity index (χ3v) is 5.40. The van der Waals surface area contributed by atoms with Crippen molar-refractivity contribution < 1.29 is 4.74 Å². The van der Waals surface area contributed by atoms with Gasteiger partial charge in [0.1, 0.15) is 14.9 Å². The predicted molar refractivity (Wildman–Crippen MR) is 80.0 cm³/mol. The number of rotatable bonds is 2. The Labute approximate surface area is 126 Å². The van der Waals surface area contributed by atoms with Gasteiger partial charge in [-0.1, -0.05) is 0 Å². The zero-order valence-electron chi connectivity index (χ0n) is 9.47. The van der Waals surface area contributed by atoms with Gasteiger partial charge in [-0.3, -0.25) is 0 Å². The lowest BCUT2D eigenvalue weighted by atomic mass is 10.1. The van der Waals surface area contributed by atoms with E-state index in [0.717, 1.165) is 38.2 Å². The summed E-state index contributed by atoms with van der Waals surface area (Å²) < 4.78 is 7.93. The molecule has 0 bridgehead atoms. The van der Waals surface area contributed by atoms with Crippen LogP contribution < -0.4 is 9.64 Å². The maximum Gasteiger partial charge on any atom is 0.153 e. The minimum absolute atomic E-state index is 0.776. The predicted octanol–water partition coefficient (Wildman–Crippen LogP) is 4.37. The second kappa shape index (κ2) is 5.89. The van der Waals surface area contributed by atoms with Crippen LogP contribution in [-0.2, 0) is 0 Å². The molecule has 0 aliphatic carbocycles. The number of aromatic nitrogens is 1. The number of anilines is 1. The number of pyridine rings is 1. The molecule has 2 heterocycles. The first-order chi connectivity index (χ1) is 8.15. The van der Waals surface area contributed by atoms with Crippen LogP contribution >= 0.6 is 47.8 Å². The van der Waals surface area contributed by atoms with Gasteiger partial charge in [-0.2, -0.15) is 0 Å². The van der Waals surface area contributed by atoms with Crippen LogP contribution in [0.2, 0.25) is 0 Å². The van der Waals surface area contributed by atoms with Gasteiger partial charge in [-0.15, -0.1) is 0 Å². The smallest absolute Gasteiger partial charge is 0.153 e. The Morgan fingerprint density at radius 3 is 2.29 bits per heavy atom. The number of hydrogen-bond acceptors (Lipinski definition) is 3. The van der Waals surface area contributed by atoms with E-state index < -0.39 is 0 Å². The maximum atomic E-state index is 5.40. The molecule has 0 amide bonds. The van der Waals surface area contributed by atoms with Crippen LogP contribution in [0.4, 0.5) is 5.82 Å². The summed E-state index contributed by atoms with van der Waals surface area (Å²) in [7, 11) is 1.66. The molecule has 0 unspecified atom stereocenters. The monoisotopic (exact) mass is 426 g/mol. The van der Waals surface area contributed by atoms with E-state index in [4.69, 9.17) is 4.74 Å². The lowest BCUT2D eigenvalue weighted by molar-refractivity contribution is 0.408. The zero-order chi connectivity index (χ0) is 12.4. The van der Waals surface area contributed by atoms with E-state index in [1.807, 2.05) is 0 Å². The molecule has 1 saturated heterocycles. The van der Waals surface area contributed by atoms with Crippen LogP contribution in [0.15, 0.2) is 13.5 Å². The van der Waals surface area contributed by atoms with E-state index in [0.29, 0.717) is 0 Å². The number of methoxy groups -OCH3 is 1. The molecule has 17 heavy (non-hydrogen) atoms. The summed E-state index contributed by atoms with van der Waals surface area (Å²) in [5, 5.41) is 0. The molecule has 0 saturated carbocycles. The van der Waals surface area contributed by atoms with Crippen LogP contribution in [0.1, 0.15) is 19.3 Å². The summed E-state index contributed by atoms with van der Waals surface area (Å²) in [5.41, 5.74) is 0. The average Bonchev–Trinajstić information content (AvgIpc) is 2.36. The molecule has 3 nitrogen and oxygen atoms in total. The topological polar surface area (TPSA) is 25.4 Å². The van der Waals surface area contributed by atoms with Crippen LogP contribution in [0.25, 0.3) is 0 Å². The van der Waals surface area contributed by atoms with Crippen LogP contribution in [0.3, 0.4) is 0 Å². The molecular weight excluding hydrogens is 416 g/mol. The fourth-order valence-electron chi connectivity index (χ4n) is 1.98. The fourth-order valence-corrected chi connectivity index (χ4v) is 3.74. The highest BCUT2D eigenvalue weighted by Gasteiger charge is 2.21. The van der Waals surface area contributed by atoms with Gasteiger partial charge in [-0.25, -0.2) is 4.98 Å². The number of halogens is 3. The second-order valence-corrected chi connectivity index (χ2v) is 6.27. The molecule has 1 aliphatic heterocycles. The molecule has 1 aliphatic rings. The largest absolute Gasteiger partial charge is 0.494 e. The molecule has 6 heteroatoms. The van der Waals surface area contributed by atoms with E-state index >= 15 is 0 Å². The molecule has 0 N–H and O–H groups in total. The standard InChI is InChI=1S/C11H13Br3N2O/c1-17-9-7(12)10(14)15-11(8(9)13)16-5-3-2-4-6-16/h2-6H2,1H3. The Morgan fingerprint density at radius 2 is 1.71 bits per heavy atom. The summed E-state index contributed by atoms with van der Waals surface area (Å²) in [4.78, 5) is 6.87. The molecule has 0 atom stereocenters. The van der Waals surface area contributed by atoms with Crippen molar-refractivity contribution in [2.24, 2.45) is 0 Å². The van der Waals surface area contributed by atoms with Crippen molar-refractivity contribution in [1.82, 2.24) is 4.98 Å². The molecule has 2 rings (SSSR count). The van der Waals surface area contributed by atoms with Crippen molar-refractivity contribution in [3.8, 4) is 5.75 Å². The Kier molecular flexibility index (Phi) is 4.72. The number of ether oxygens (including phenoxy) is 1. The first kappa shape index (κ1) is 13.6. The highest BCUT2D eigenvalue weighted by Crippen LogP contribution is 2.42. The van der Waals surface area contributed by atoms with Crippen molar-refractivity contribution in [3.05, 3.63) is 13.5 Å². The summed E-state index contributed by atoms with van der Waals surface area (Å²) in [6, 6.07) is 0. The quantitative estimate of drug-likeness (QED) is 0.654. The first-order valence-electron chi connectivity index (χ1n) is 5.48. The van der Waals surface area contributed by atoms with E-state index in [-0.39, 0.29) is 0 Å². The Bertz CT molecular complexity index is 420. The highest BCUT2D eigenvalue weighted by atomic mass is 79.9. The lowest BCUT2D eigenvalue weighted by Crippen LogP contribution is -2.30. The van der Waals surface area contributed by atoms with Crippen LogP contribution in [0, 0.1) is 0 Å². The van der Waals surface area contributed by atoms with E-state index in [9.17, 15) is 0 Å². The summed E-state index contributed by atoms with van der Waals surface area (Å²) in [6.45, 7) is 2.12. The molecule has 1 aromatic rings. The maximum absolute atomic E-state index is 5.40. The molecule has 1 aromatic heterocycles. The minimum atomic E-state index is 0.776. The zero-order valence-corrected chi connectivity index (χ0v) is 14.2. The lowest BCUT2D eigenvalue weighted by Gasteiger charge is -2.29. The van der Waals surface area contributed by atoms with Crippen LogP contribution in [-0.4, -0.2) is 25.2 Å². The number of nitrogens with zero attached hydrogens (tertiary/aromatic N) is 2. The van der Waals surface area contributed by atoms with Gasteiger partial charge in [-0.05, 0) is 67.1 Å². The van der Waals surface area contributed by atoms with Gasteiger partial charge in [0.05, 0.1) is 11.6 Å². The Morgan fingerprint density at radius 1 is 1.06 bits per heavy atom. The third-order valence-electron chi connectivity index (χ3n) is 2.84. The van der Waals surface area contributed by atoms with E-state index in [1.165, 1.54) is 19.3 Å². The molecule has 0 radical (unpaired) electrons. The highest BCUT2D eigenvalue weighted by molar-refractivity contribution is 9.13. The summed E-state index contributed by atoms with van der Waals surface area (Å²) >= 11 is 10.5. The molecule has 0 spiro atoms. The number of hydrogen-bond donors (Lipinski definition) is 0. The van der Waals surface area contributed by atoms with Crippen molar-refractivity contribution in [2.75, 3.05) is 25.1 Å². The Balaban J connectivity index is 2.42.